The standard InChI is InChI=1S/C30H33N3O7S2/c1-6-23(27(35)32-29-25(30(37)40-5)20-13-14-33(17(2)34)16-24(20)42-29)41-19-10-7-9-18(15-19)31-28(36)26-21(38-3)11-8-12-22(26)39-4/h7-12,15,23H,6,13-14,16H2,1-5H3,(H,31,36)(H,32,35). The molecule has 42 heavy (non-hydrogen) atoms. The minimum Gasteiger partial charge on any atom is -0.496 e. The molecule has 2 aromatic carbocycles. The van der Waals surface area contributed by atoms with Gasteiger partial charge in [-0.2, -0.15) is 0 Å². The average molecular weight is 612 g/mol. The van der Waals surface area contributed by atoms with Crippen LogP contribution >= 0.6 is 23.1 Å². The van der Waals surface area contributed by atoms with E-state index in [1.54, 1.807) is 41.3 Å². The number of thiophene rings is 1. The van der Waals surface area contributed by atoms with Crippen molar-refractivity contribution in [2.24, 2.45) is 0 Å². The summed E-state index contributed by atoms with van der Waals surface area (Å²) in [7, 11) is 4.28. The van der Waals surface area contributed by atoms with Gasteiger partial charge in [0, 0.05) is 28.9 Å². The highest BCUT2D eigenvalue weighted by Crippen LogP contribution is 2.39. The number of amides is 3. The quantitative estimate of drug-likeness (QED) is 0.236. The summed E-state index contributed by atoms with van der Waals surface area (Å²) in [5.74, 6) is -0.442. The second kappa shape index (κ2) is 13.8. The molecule has 0 saturated carbocycles. The maximum Gasteiger partial charge on any atom is 0.341 e. The highest BCUT2D eigenvalue weighted by atomic mass is 32.2. The molecule has 2 heterocycles. The minimum atomic E-state index is -0.519. The maximum absolute atomic E-state index is 13.4. The Balaban J connectivity index is 1.51. The van der Waals surface area contributed by atoms with Crippen molar-refractivity contribution < 1.29 is 33.4 Å². The van der Waals surface area contributed by atoms with Gasteiger partial charge in [-0.25, -0.2) is 4.79 Å². The number of thioether (sulfide) groups is 1. The Morgan fingerprint density at radius 1 is 1.00 bits per heavy atom. The molecule has 3 amide bonds. The molecule has 0 radical (unpaired) electrons. The molecule has 1 unspecified atom stereocenters. The van der Waals surface area contributed by atoms with Crippen LogP contribution in [0, 0.1) is 0 Å². The average Bonchev–Trinajstić information content (AvgIpc) is 3.35. The van der Waals surface area contributed by atoms with Crippen molar-refractivity contribution >= 4 is 57.5 Å². The van der Waals surface area contributed by atoms with Crippen LogP contribution in [0.5, 0.6) is 11.5 Å². The van der Waals surface area contributed by atoms with Gasteiger partial charge in [0.2, 0.25) is 11.8 Å². The van der Waals surface area contributed by atoms with Crippen molar-refractivity contribution in [2.75, 3.05) is 38.5 Å². The number of fused-ring (bicyclic) bond motifs is 1. The molecular weight excluding hydrogens is 578 g/mol. The molecule has 2 N–H and O–H groups in total. The van der Waals surface area contributed by atoms with E-state index in [2.05, 4.69) is 10.6 Å². The van der Waals surface area contributed by atoms with Gasteiger partial charge in [-0.1, -0.05) is 19.1 Å². The fourth-order valence-electron chi connectivity index (χ4n) is 4.67. The zero-order chi connectivity index (χ0) is 30.4. The van der Waals surface area contributed by atoms with Crippen molar-refractivity contribution in [3.63, 3.8) is 0 Å². The molecule has 4 rings (SSSR count). The zero-order valence-corrected chi connectivity index (χ0v) is 25.7. The lowest BCUT2D eigenvalue weighted by molar-refractivity contribution is -0.129. The van der Waals surface area contributed by atoms with Crippen LogP contribution in [0.3, 0.4) is 0 Å². The summed E-state index contributed by atoms with van der Waals surface area (Å²) in [5.41, 5.74) is 1.99. The van der Waals surface area contributed by atoms with Crippen molar-refractivity contribution in [1.29, 1.82) is 0 Å². The van der Waals surface area contributed by atoms with E-state index >= 15 is 0 Å². The molecule has 1 atom stereocenters. The first kappa shape index (κ1) is 30.9. The molecule has 222 valence electrons. The number of hydrogen-bond acceptors (Lipinski definition) is 9. The van der Waals surface area contributed by atoms with E-state index in [0.29, 0.717) is 53.7 Å². The Morgan fingerprint density at radius 3 is 2.31 bits per heavy atom. The summed E-state index contributed by atoms with van der Waals surface area (Å²) in [6, 6.07) is 12.3. The van der Waals surface area contributed by atoms with Gasteiger partial charge in [0.25, 0.3) is 5.91 Å². The summed E-state index contributed by atoms with van der Waals surface area (Å²) in [4.78, 5) is 54.5. The Labute approximate surface area is 252 Å². The largest absolute Gasteiger partial charge is 0.496 e. The van der Waals surface area contributed by atoms with E-state index in [1.807, 2.05) is 13.0 Å². The SMILES string of the molecule is CCC(Sc1cccc(NC(=O)c2c(OC)cccc2OC)c1)C(=O)Nc1sc2c(c1C(=O)OC)CCN(C(C)=O)C2. The molecular formula is C30H33N3O7S2. The molecule has 0 aliphatic carbocycles. The van der Waals surface area contributed by atoms with Crippen LogP contribution in [-0.4, -0.2) is 61.7 Å². The number of nitrogens with one attached hydrogen (secondary N) is 2. The third-order valence-electron chi connectivity index (χ3n) is 6.82. The molecule has 1 aromatic heterocycles. The number of esters is 1. The topological polar surface area (TPSA) is 123 Å². The van der Waals surface area contributed by atoms with Crippen LogP contribution < -0.4 is 20.1 Å². The lowest BCUT2D eigenvalue weighted by atomic mass is 10.0. The Hall–Kier alpha value is -4.03. The summed E-state index contributed by atoms with van der Waals surface area (Å²) in [6.45, 7) is 4.31. The van der Waals surface area contributed by atoms with Gasteiger partial charge in [0.1, 0.15) is 22.1 Å². The van der Waals surface area contributed by atoms with Crippen LogP contribution in [0.2, 0.25) is 0 Å². The van der Waals surface area contributed by atoms with E-state index < -0.39 is 17.1 Å². The summed E-state index contributed by atoms with van der Waals surface area (Å²) >= 11 is 2.65. The zero-order valence-electron chi connectivity index (χ0n) is 24.1. The van der Waals surface area contributed by atoms with Crippen molar-refractivity contribution in [2.45, 2.75) is 43.4 Å². The predicted molar refractivity (Wildman–Crippen MR) is 163 cm³/mol. The van der Waals surface area contributed by atoms with Crippen LogP contribution in [0.15, 0.2) is 47.4 Å². The summed E-state index contributed by atoms with van der Waals surface area (Å²) in [6.07, 6.45) is 1.03. The number of anilines is 2. The number of rotatable bonds is 10. The highest BCUT2D eigenvalue weighted by molar-refractivity contribution is 8.00. The normalized spacial score (nSPS) is 13.0. The Kier molecular flexibility index (Phi) is 10.1. The molecule has 1 aliphatic rings. The lowest BCUT2D eigenvalue weighted by Crippen LogP contribution is -2.34. The summed E-state index contributed by atoms with van der Waals surface area (Å²) < 4.78 is 15.7. The fraction of sp³-hybridized carbons (Fsp3) is 0.333. The van der Waals surface area contributed by atoms with Gasteiger partial charge in [-0.3, -0.25) is 14.4 Å². The van der Waals surface area contributed by atoms with E-state index in [4.69, 9.17) is 14.2 Å². The highest BCUT2D eigenvalue weighted by Gasteiger charge is 2.31. The van der Waals surface area contributed by atoms with Crippen LogP contribution in [-0.2, 0) is 27.3 Å². The smallest absolute Gasteiger partial charge is 0.341 e. The number of ether oxygens (including phenoxy) is 3. The number of carbonyl (C=O) groups is 4. The van der Waals surface area contributed by atoms with E-state index in [9.17, 15) is 19.2 Å². The van der Waals surface area contributed by atoms with Crippen LogP contribution in [0.1, 0.15) is 51.4 Å². The van der Waals surface area contributed by atoms with Crippen molar-refractivity contribution in [3.8, 4) is 11.5 Å². The molecule has 3 aromatic rings. The third kappa shape index (κ3) is 6.71. The van der Waals surface area contributed by atoms with Gasteiger partial charge < -0.3 is 29.7 Å². The maximum atomic E-state index is 13.4. The molecule has 1 aliphatic heterocycles. The first-order valence-electron chi connectivity index (χ1n) is 13.3. The van der Waals surface area contributed by atoms with Gasteiger partial charge in [0.15, 0.2) is 0 Å². The van der Waals surface area contributed by atoms with Gasteiger partial charge in [-0.15, -0.1) is 23.1 Å². The third-order valence-corrected chi connectivity index (χ3v) is 9.31. The van der Waals surface area contributed by atoms with Gasteiger partial charge >= 0.3 is 5.97 Å². The number of methoxy groups -OCH3 is 3. The second-order valence-corrected chi connectivity index (χ2v) is 11.8. The molecule has 0 spiro atoms. The van der Waals surface area contributed by atoms with Crippen LogP contribution in [0.4, 0.5) is 10.7 Å². The Morgan fingerprint density at radius 2 is 1.69 bits per heavy atom. The fourth-order valence-corrected chi connectivity index (χ4v) is 6.94. The minimum absolute atomic E-state index is 0.0397. The van der Waals surface area contributed by atoms with Crippen molar-refractivity contribution in [3.05, 3.63) is 64.0 Å². The number of carbonyl (C=O) groups excluding carboxylic acids is 4. The van der Waals surface area contributed by atoms with Crippen molar-refractivity contribution in [1.82, 2.24) is 4.90 Å². The number of benzene rings is 2. The van der Waals surface area contributed by atoms with Gasteiger partial charge in [0.05, 0.1) is 38.7 Å². The summed E-state index contributed by atoms with van der Waals surface area (Å²) in [5, 5.41) is 5.77. The number of hydrogen-bond donors (Lipinski definition) is 2. The number of nitrogens with zero attached hydrogens (tertiary/aromatic N) is 1. The van der Waals surface area contributed by atoms with E-state index in [1.165, 1.54) is 51.4 Å². The van der Waals surface area contributed by atoms with Crippen LogP contribution in [0.25, 0.3) is 0 Å². The molecule has 10 nitrogen and oxygen atoms in total. The molecule has 0 bridgehead atoms. The monoisotopic (exact) mass is 611 g/mol. The molecule has 0 saturated heterocycles. The molecule has 12 heteroatoms. The Bertz CT molecular complexity index is 1480. The predicted octanol–water partition coefficient (Wildman–Crippen LogP) is 5.22. The second-order valence-electron chi connectivity index (χ2n) is 9.41. The lowest BCUT2D eigenvalue weighted by Gasteiger charge is -2.25. The first-order chi connectivity index (χ1) is 20.2. The first-order valence-corrected chi connectivity index (χ1v) is 15.0. The van der Waals surface area contributed by atoms with E-state index in [0.717, 1.165) is 15.3 Å². The molecule has 0 fully saturated rings. The van der Waals surface area contributed by atoms with Gasteiger partial charge in [-0.05, 0) is 48.7 Å². The van der Waals surface area contributed by atoms with E-state index in [-0.39, 0.29) is 17.4 Å².